The van der Waals surface area contributed by atoms with Gasteiger partial charge in [0.2, 0.25) is 5.91 Å². The van der Waals surface area contributed by atoms with E-state index in [1.807, 2.05) is 25.3 Å². The second-order valence-electron chi connectivity index (χ2n) is 3.20. The predicted octanol–water partition coefficient (Wildman–Crippen LogP) is 0.355. The van der Waals surface area contributed by atoms with Gasteiger partial charge in [-0.3, -0.25) is 9.78 Å². The minimum absolute atomic E-state index is 0.278. The third kappa shape index (κ3) is 4.00. The summed E-state index contributed by atoms with van der Waals surface area (Å²) < 4.78 is 0. The molecule has 0 saturated carbocycles. The van der Waals surface area contributed by atoms with Crippen LogP contribution in [0.3, 0.4) is 0 Å². The number of rotatable bonds is 5. The van der Waals surface area contributed by atoms with Gasteiger partial charge in [-0.1, -0.05) is 6.07 Å². The molecule has 0 atom stereocenters. The van der Waals surface area contributed by atoms with E-state index in [4.69, 9.17) is 5.73 Å². The molecule has 0 aliphatic heterocycles. The maximum atomic E-state index is 10.4. The minimum atomic E-state index is -0.278. The van der Waals surface area contributed by atoms with Crippen molar-refractivity contribution in [1.82, 2.24) is 10.3 Å². The lowest BCUT2D eigenvalue weighted by atomic mass is 10.2. The largest absolute Gasteiger partial charge is 0.370 e. The number of nitrogens with one attached hydrogen (secondary N) is 1. The molecular weight excluding hydrogens is 178 g/mol. The Morgan fingerprint density at radius 1 is 1.57 bits per heavy atom. The molecule has 76 valence electrons. The molecule has 1 heterocycles. The molecule has 0 unspecified atom stereocenters. The van der Waals surface area contributed by atoms with Crippen LogP contribution in [0.25, 0.3) is 0 Å². The summed E-state index contributed by atoms with van der Waals surface area (Å²) in [4.78, 5) is 14.6. The zero-order valence-corrected chi connectivity index (χ0v) is 8.29. The number of pyridine rings is 1. The summed E-state index contributed by atoms with van der Waals surface area (Å²) >= 11 is 0. The van der Waals surface area contributed by atoms with E-state index >= 15 is 0 Å². The van der Waals surface area contributed by atoms with Crippen molar-refractivity contribution in [2.75, 3.05) is 6.54 Å². The summed E-state index contributed by atoms with van der Waals surface area (Å²) in [5.41, 5.74) is 7.12. The molecule has 0 aromatic carbocycles. The van der Waals surface area contributed by atoms with Gasteiger partial charge in [0.1, 0.15) is 0 Å². The predicted molar refractivity (Wildman–Crippen MR) is 54.5 cm³/mol. The molecule has 1 rings (SSSR count). The number of hydrogen-bond acceptors (Lipinski definition) is 3. The number of carbonyl (C=O) groups excluding carboxylic acids is 1. The molecule has 0 fully saturated rings. The molecule has 0 radical (unpaired) electrons. The summed E-state index contributed by atoms with van der Waals surface area (Å²) in [7, 11) is 0. The van der Waals surface area contributed by atoms with E-state index in [0.29, 0.717) is 13.0 Å². The maximum Gasteiger partial charge on any atom is 0.218 e. The summed E-state index contributed by atoms with van der Waals surface area (Å²) in [5.74, 6) is -0.278. The van der Waals surface area contributed by atoms with Crippen molar-refractivity contribution in [2.45, 2.75) is 19.9 Å². The van der Waals surface area contributed by atoms with Gasteiger partial charge in [-0.05, 0) is 18.6 Å². The highest BCUT2D eigenvalue weighted by Crippen LogP contribution is 1.98. The van der Waals surface area contributed by atoms with Crippen molar-refractivity contribution in [3.8, 4) is 0 Å². The summed E-state index contributed by atoms with van der Waals surface area (Å²) in [5, 5.41) is 3.11. The number of hydrogen-bond donors (Lipinski definition) is 2. The van der Waals surface area contributed by atoms with E-state index in [-0.39, 0.29) is 5.91 Å². The van der Waals surface area contributed by atoms with Crippen LogP contribution < -0.4 is 11.1 Å². The Morgan fingerprint density at radius 2 is 2.36 bits per heavy atom. The first-order valence-corrected chi connectivity index (χ1v) is 4.59. The monoisotopic (exact) mass is 193 g/mol. The van der Waals surface area contributed by atoms with Crippen LogP contribution in [-0.2, 0) is 11.3 Å². The molecule has 0 bridgehead atoms. The lowest BCUT2D eigenvalue weighted by Gasteiger charge is -2.02. The summed E-state index contributed by atoms with van der Waals surface area (Å²) in [6.45, 7) is 3.29. The Hall–Kier alpha value is -1.42. The maximum absolute atomic E-state index is 10.4. The molecule has 4 heteroatoms. The number of aromatic nitrogens is 1. The molecule has 0 aliphatic carbocycles. The van der Waals surface area contributed by atoms with E-state index in [9.17, 15) is 4.79 Å². The standard InChI is InChI=1S/C10H15N3O/c1-8-2-3-9(7-13-8)6-12-5-4-10(11)14/h2-3,7,12H,4-6H2,1H3,(H2,11,14). The second kappa shape index (κ2) is 5.34. The van der Waals surface area contributed by atoms with Crippen LogP contribution in [0.15, 0.2) is 18.3 Å². The Morgan fingerprint density at radius 3 is 2.93 bits per heavy atom. The number of nitrogens with two attached hydrogens (primary N) is 1. The van der Waals surface area contributed by atoms with Gasteiger partial charge in [0.25, 0.3) is 0 Å². The van der Waals surface area contributed by atoms with Gasteiger partial charge in [-0.2, -0.15) is 0 Å². The zero-order valence-electron chi connectivity index (χ0n) is 8.29. The van der Waals surface area contributed by atoms with Crippen molar-refractivity contribution in [3.05, 3.63) is 29.6 Å². The van der Waals surface area contributed by atoms with Crippen molar-refractivity contribution < 1.29 is 4.79 Å². The van der Waals surface area contributed by atoms with Crippen LogP contribution in [0.2, 0.25) is 0 Å². The lowest BCUT2D eigenvalue weighted by Crippen LogP contribution is -2.21. The molecule has 1 amide bonds. The molecule has 0 spiro atoms. The highest BCUT2D eigenvalue weighted by molar-refractivity contribution is 5.73. The van der Waals surface area contributed by atoms with Crippen molar-refractivity contribution in [3.63, 3.8) is 0 Å². The third-order valence-corrected chi connectivity index (χ3v) is 1.85. The first-order valence-electron chi connectivity index (χ1n) is 4.59. The fourth-order valence-corrected chi connectivity index (χ4v) is 1.05. The van der Waals surface area contributed by atoms with Crippen molar-refractivity contribution in [2.24, 2.45) is 5.73 Å². The lowest BCUT2D eigenvalue weighted by molar-refractivity contribution is -0.117. The van der Waals surface area contributed by atoms with Gasteiger partial charge in [0, 0.05) is 31.4 Å². The molecule has 1 aromatic rings. The van der Waals surface area contributed by atoms with E-state index in [1.165, 1.54) is 0 Å². The van der Waals surface area contributed by atoms with Crippen LogP contribution in [0.4, 0.5) is 0 Å². The molecule has 0 aliphatic rings. The quantitative estimate of drug-likeness (QED) is 0.663. The Bertz CT molecular complexity index is 295. The first-order chi connectivity index (χ1) is 6.68. The zero-order chi connectivity index (χ0) is 10.4. The van der Waals surface area contributed by atoms with Gasteiger partial charge < -0.3 is 11.1 Å². The number of aryl methyl sites for hydroxylation is 1. The fourth-order valence-electron chi connectivity index (χ4n) is 1.05. The summed E-state index contributed by atoms with van der Waals surface area (Å²) in [6, 6.07) is 3.98. The topological polar surface area (TPSA) is 68.0 Å². The molecule has 0 saturated heterocycles. The average Bonchev–Trinajstić information content (AvgIpc) is 2.15. The second-order valence-corrected chi connectivity index (χ2v) is 3.20. The summed E-state index contributed by atoms with van der Waals surface area (Å²) in [6.07, 6.45) is 2.20. The molecule has 1 aromatic heterocycles. The fraction of sp³-hybridized carbons (Fsp3) is 0.400. The van der Waals surface area contributed by atoms with E-state index in [2.05, 4.69) is 10.3 Å². The average molecular weight is 193 g/mol. The van der Waals surface area contributed by atoms with Crippen LogP contribution in [0, 0.1) is 6.92 Å². The molecule has 14 heavy (non-hydrogen) atoms. The number of nitrogens with zero attached hydrogens (tertiary/aromatic N) is 1. The van der Waals surface area contributed by atoms with Gasteiger partial charge in [0.15, 0.2) is 0 Å². The third-order valence-electron chi connectivity index (χ3n) is 1.85. The van der Waals surface area contributed by atoms with Gasteiger partial charge in [-0.25, -0.2) is 0 Å². The van der Waals surface area contributed by atoms with Gasteiger partial charge >= 0.3 is 0 Å². The first kappa shape index (κ1) is 10.7. The Labute approximate surface area is 83.5 Å². The van der Waals surface area contributed by atoms with E-state index in [1.54, 1.807) is 0 Å². The number of amides is 1. The van der Waals surface area contributed by atoms with Crippen LogP contribution in [0.5, 0.6) is 0 Å². The highest BCUT2D eigenvalue weighted by atomic mass is 16.1. The van der Waals surface area contributed by atoms with Crippen molar-refractivity contribution in [1.29, 1.82) is 0 Å². The van der Waals surface area contributed by atoms with Gasteiger partial charge in [0.05, 0.1) is 0 Å². The molecule has 4 nitrogen and oxygen atoms in total. The smallest absolute Gasteiger partial charge is 0.218 e. The van der Waals surface area contributed by atoms with Gasteiger partial charge in [-0.15, -0.1) is 0 Å². The van der Waals surface area contributed by atoms with Crippen LogP contribution in [-0.4, -0.2) is 17.4 Å². The van der Waals surface area contributed by atoms with Crippen LogP contribution >= 0.6 is 0 Å². The van der Waals surface area contributed by atoms with Crippen molar-refractivity contribution >= 4 is 5.91 Å². The normalized spacial score (nSPS) is 10.1. The van der Waals surface area contributed by atoms with E-state index < -0.39 is 0 Å². The SMILES string of the molecule is Cc1ccc(CNCCC(N)=O)cn1. The Kier molecular flexibility index (Phi) is 4.07. The minimum Gasteiger partial charge on any atom is -0.370 e. The van der Waals surface area contributed by atoms with E-state index in [0.717, 1.165) is 17.8 Å². The molecular formula is C10H15N3O. The Balaban J connectivity index is 2.25. The number of carbonyl (C=O) groups is 1. The molecule has 3 N–H and O–H groups in total. The van der Waals surface area contributed by atoms with Crippen LogP contribution in [0.1, 0.15) is 17.7 Å². The number of primary amides is 1. The highest BCUT2D eigenvalue weighted by Gasteiger charge is 1.95.